The van der Waals surface area contributed by atoms with Gasteiger partial charge in [-0.15, -0.1) is 0 Å². The Morgan fingerprint density at radius 3 is 2.71 bits per heavy atom. The Kier molecular flexibility index (Phi) is 4.53. The minimum atomic E-state index is 0.441. The Bertz CT molecular complexity index is 597. The van der Waals surface area contributed by atoms with Gasteiger partial charge >= 0.3 is 0 Å². The van der Waals surface area contributed by atoms with Crippen molar-refractivity contribution in [3.05, 3.63) is 65.2 Å². The average Bonchev–Trinajstić information content (AvgIpc) is 2.93. The van der Waals surface area contributed by atoms with Gasteiger partial charge < -0.3 is 14.8 Å². The summed E-state index contributed by atoms with van der Waals surface area (Å²) in [6, 6.07) is 16.7. The van der Waals surface area contributed by atoms with E-state index in [1.54, 1.807) is 7.11 Å². The number of rotatable bonds is 6. The maximum atomic E-state index is 5.72. The number of nitrogens with one attached hydrogen (secondary N) is 1. The number of hydrogen-bond donors (Lipinski definition) is 1. The molecule has 1 aliphatic rings. The number of hydrogen-bond acceptors (Lipinski definition) is 3. The molecule has 21 heavy (non-hydrogen) atoms. The third-order valence-electron chi connectivity index (χ3n) is 3.92. The van der Waals surface area contributed by atoms with Crippen molar-refractivity contribution in [2.24, 2.45) is 0 Å². The van der Waals surface area contributed by atoms with Crippen LogP contribution in [0.3, 0.4) is 0 Å². The summed E-state index contributed by atoms with van der Waals surface area (Å²) in [4.78, 5) is 0. The second-order valence-corrected chi connectivity index (χ2v) is 5.38. The third-order valence-corrected chi connectivity index (χ3v) is 3.92. The van der Waals surface area contributed by atoms with Crippen molar-refractivity contribution < 1.29 is 9.47 Å². The molecule has 0 bridgehead atoms. The van der Waals surface area contributed by atoms with E-state index in [0.717, 1.165) is 25.4 Å². The van der Waals surface area contributed by atoms with E-state index < -0.39 is 0 Å². The molecule has 3 heteroatoms. The van der Waals surface area contributed by atoms with Gasteiger partial charge in [0, 0.05) is 31.7 Å². The Morgan fingerprint density at radius 2 is 1.86 bits per heavy atom. The standard InChI is InChI=1S/C18H21NO2/c1-20-12-15-7-3-2-6-14(15)10-19-11-16-13-21-18-9-5-4-8-17(16)18/h2-9,16,19H,10-13H2,1H3. The summed E-state index contributed by atoms with van der Waals surface area (Å²) in [5.41, 5.74) is 3.86. The zero-order valence-corrected chi connectivity index (χ0v) is 12.3. The predicted molar refractivity (Wildman–Crippen MR) is 83.5 cm³/mol. The van der Waals surface area contributed by atoms with Gasteiger partial charge in [-0.2, -0.15) is 0 Å². The van der Waals surface area contributed by atoms with Crippen molar-refractivity contribution in [2.75, 3.05) is 20.3 Å². The molecule has 2 aromatic carbocycles. The van der Waals surface area contributed by atoms with Gasteiger partial charge in [-0.05, 0) is 17.2 Å². The number of fused-ring (bicyclic) bond motifs is 1. The molecule has 0 radical (unpaired) electrons. The Hall–Kier alpha value is -1.84. The molecule has 0 fully saturated rings. The summed E-state index contributed by atoms with van der Waals surface area (Å²) >= 11 is 0. The molecule has 0 saturated carbocycles. The maximum absolute atomic E-state index is 5.72. The summed E-state index contributed by atoms with van der Waals surface area (Å²) in [6.07, 6.45) is 0. The minimum Gasteiger partial charge on any atom is -0.493 e. The monoisotopic (exact) mass is 283 g/mol. The Labute approximate surface area is 125 Å². The van der Waals surface area contributed by atoms with E-state index in [4.69, 9.17) is 9.47 Å². The van der Waals surface area contributed by atoms with Crippen LogP contribution in [0.1, 0.15) is 22.6 Å². The van der Waals surface area contributed by atoms with Crippen LogP contribution < -0.4 is 10.1 Å². The molecule has 1 N–H and O–H groups in total. The first-order chi connectivity index (χ1) is 10.4. The van der Waals surface area contributed by atoms with E-state index in [9.17, 15) is 0 Å². The fraction of sp³-hybridized carbons (Fsp3) is 0.333. The van der Waals surface area contributed by atoms with Crippen molar-refractivity contribution in [3.63, 3.8) is 0 Å². The Morgan fingerprint density at radius 1 is 1.10 bits per heavy atom. The highest BCUT2D eigenvalue weighted by Crippen LogP contribution is 2.32. The molecule has 0 saturated heterocycles. The molecule has 3 rings (SSSR count). The van der Waals surface area contributed by atoms with Crippen LogP contribution in [0.4, 0.5) is 0 Å². The van der Waals surface area contributed by atoms with Gasteiger partial charge in [0.25, 0.3) is 0 Å². The smallest absolute Gasteiger partial charge is 0.122 e. The fourth-order valence-corrected chi connectivity index (χ4v) is 2.81. The van der Waals surface area contributed by atoms with Gasteiger partial charge in [-0.25, -0.2) is 0 Å². The lowest BCUT2D eigenvalue weighted by Gasteiger charge is -2.13. The minimum absolute atomic E-state index is 0.441. The van der Waals surface area contributed by atoms with Crippen molar-refractivity contribution in [1.82, 2.24) is 5.32 Å². The highest BCUT2D eigenvalue weighted by molar-refractivity contribution is 5.39. The topological polar surface area (TPSA) is 30.5 Å². The van der Waals surface area contributed by atoms with Gasteiger partial charge in [0.1, 0.15) is 5.75 Å². The van der Waals surface area contributed by atoms with E-state index in [2.05, 4.69) is 41.7 Å². The lowest BCUT2D eigenvalue weighted by Crippen LogP contribution is -2.22. The predicted octanol–water partition coefficient (Wildman–Crippen LogP) is 3.10. The molecular weight excluding hydrogens is 262 g/mol. The first-order valence-corrected chi connectivity index (χ1v) is 7.36. The average molecular weight is 283 g/mol. The molecule has 1 aliphatic heterocycles. The second kappa shape index (κ2) is 6.74. The molecule has 0 aliphatic carbocycles. The Balaban J connectivity index is 1.58. The molecule has 1 atom stereocenters. The SMILES string of the molecule is COCc1ccccc1CNCC1COc2ccccc21. The van der Waals surface area contributed by atoms with E-state index in [1.165, 1.54) is 16.7 Å². The van der Waals surface area contributed by atoms with Crippen LogP contribution in [0.25, 0.3) is 0 Å². The van der Waals surface area contributed by atoms with Gasteiger partial charge in [-0.1, -0.05) is 42.5 Å². The van der Waals surface area contributed by atoms with Crippen molar-refractivity contribution in [3.8, 4) is 5.75 Å². The third kappa shape index (κ3) is 3.26. The quantitative estimate of drug-likeness (QED) is 0.883. The van der Waals surface area contributed by atoms with Crippen LogP contribution in [0.15, 0.2) is 48.5 Å². The highest BCUT2D eigenvalue weighted by Gasteiger charge is 2.22. The summed E-state index contributed by atoms with van der Waals surface area (Å²) in [5.74, 6) is 1.47. The van der Waals surface area contributed by atoms with Crippen molar-refractivity contribution in [2.45, 2.75) is 19.1 Å². The molecule has 3 nitrogen and oxygen atoms in total. The number of benzene rings is 2. The lowest BCUT2D eigenvalue weighted by molar-refractivity contribution is 0.184. The van der Waals surface area contributed by atoms with Crippen LogP contribution in [-0.2, 0) is 17.9 Å². The summed E-state index contributed by atoms with van der Waals surface area (Å²) in [7, 11) is 1.73. The van der Waals surface area contributed by atoms with Crippen molar-refractivity contribution in [1.29, 1.82) is 0 Å². The lowest BCUT2D eigenvalue weighted by atomic mass is 10.0. The van der Waals surface area contributed by atoms with Crippen LogP contribution in [-0.4, -0.2) is 20.3 Å². The first kappa shape index (κ1) is 14.1. The molecule has 110 valence electrons. The van der Waals surface area contributed by atoms with Crippen LogP contribution >= 0.6 is 0 Å². The molecule has 0 aromatic heterocycles. The summed E-state index contributed by atoms with van der Waals surface area (Å²) in [6.45, 7) is 3.22. The molecule has 1 unspecified atom stereocenters. The van der Waals surface area contributed by atoms with Crippen LogP contribution in [0, 0.1) is 0 Å². The zero-order chi connectivity index (χ0) is 14.5. The van der Waals surface area contributed by atoms with Crippen molar-refractivity contribution >= 4 is 0 Å². The molecule has 1 heterocycles. The number of para-hydroxylation sites is 1. The maximum Gasteiger partial charge on any atom is 0.122 e. The van der Waals surface area contributed by atoms with E-state index >= 15 is 0 Å². The normalized spacial score (nSPS) is 16.5. The van der Waals surface area contributed by atoms with E-state index in [0.29, 0.717) is 12.5 Å². The van der Waals surface area contributed by atoms with Gasteiger partial charge in [0.15, 0.2) is 0 Å². The van der Waals surface area contributed by atoms with Gasteiger partial charge in [-0.3, -0.25) is 0 Å². The molecular formula is C18H21NO2. The van der Waals surface area contributed by atoms with Gasteiger partial charge in [0.05, 0.1) is 13.2 Å². The molecule has 0 amide bonds. The number of methoxy groups -OCH3 is 1. The molecule has 0 spiro atoms. The van der Waals surface area contributed by atoms with Gasteiger partial charge in [0.2, 0.25) is 0 Å². The summed E-state index contributed by atoms with van der Waals surface area (Å²) in [5, 5.41) is 3.55. The molecule has 2 aromatic rings. The zero-order valence-electron chi connectivity index (χ0n) is 12.3. The second-order valence-electron chi connectivity index (χ2n) is 5.38. The van der Waals surface area contributed by atoms with Crippen LogP contribution in [0.2, 0.25) is 0 Å². The largest absolute Gasteiger partial charge is 0.493 e. The summed E-state index contributed by atoms with van der Waals surface area (Å²) < 4.78 is 11.0. The van der Waals surface area contributed by atoms with Crippen LogP contribution in [0.5, 0.6) is 5.75 Å². The first-order valence-electron chi connectivity index (χ1n) is 7.36. The van der Waals surface area contributed by atoms with E-state index in [-0.39, 0.29) is 0 Å². The number of ether oxygens (including phenoxy) is 2. The highest BCUT2D eigenvalue weighted by atomic mass is 16.5. The van der Waals surface area contributed by atoms with E-state index in [1.807, 2.05) is 12.1 Å². The fourth-order valence-electron chi connectivity index (χ4n) is 2.81.